The minimum atomic E-state index is -0.140. The van der Waals surface area contributed by atoms with Crippen LogP contribution in [0.4, 0.5) is 5.69 Å². The summed E-state index contributed by atoms with van der Waals surface area (Å²) in [5.41, 5.74) is 2.90. The van der Waals surface area contributed by atoms with Crippen molar-refractivity contribution in [2.24, 2.45) is 0 Å². The van der Waals surface area contributed by atoms with E-state index in [0.717, 1.165) is 23.6 Å². The number of fused-ring (bicyclic) bond motifs is 1. The summed E-state index contributed by atoms with van der Waals surface area (Å²) in [6.07, 6.45) is 3.59. The first-order valence-corrected chi connectivity index (χ1v) is 6.71. The van der Waals surface area contributed by atoms with Gasteiger partial charge in [-0.1, -0.05) is 6.07 Å². The molecule has 1 amide bonds. The van der Waals surface area contributed by atoms with Crippen LogP contribution in [-0.4, -0.2) is 35.4 Å². The fourth-order valence-electron chi connectivity index (χ4n) is 2.32. The van der Waals surface area contributed by atoms with Gasteiger partial charge in [-0.05, 0) is 24.3 Å². The van der Waals surface area contributed by atoms with E-state index in [2.05, 4.69) is 15.5 Å². The molecule has 1 aromatic heterocycles. The van der Waals surface area contributed by atoms with Crippen molar-refractivity contribution in [2.45, 2.75) is 6.10 Å². The molecule has 1 fully saturated rings. The predicted octanol–water partition coefficient (Wildman–Crippen LogP) is 1.68. The van der Waals surface area contributed by atoms with Crippen molar-refractivity contribution in [1.82, 2.24) is 10.2 Å². The van der Waals surface area contributed by atoms with Crippen LogP contribution in [0, 0.1) is 0 Å². The van der Waals surface area contributed by atoms with Crippen LogP contribution in [0.25, 0.3) is 11.6 Å². The van der Waals surface area contributed by atoms with Gasteiger partial charge in [0.2, 0.25) is 0 Å². The van der Waals surface area contributed by atoms with Gasteiger partial charge in [0.15, 0.2) is 0 Å². The quantitative estimate of drug-likeness (QED) is 0.661. The predicted molar refractivity (Wildman–Crippen MR) is 76.8 cm³/mol. The summed E-state index contributed by atoms with van der Waals surface area (Å²) in [4.78, 5) is 12.2. The lowest BCUT2D eigenvalue weighted by molar-refractivity contribution is -0.110. The first-order valence-electron chi connectivity index (χ1n) is 6.71. The number of anilines is 1. The van der Waals surface area contributed by atoms with Crippen LogP contribution in [0.1, 0.15) is 11.3 Å². The molecule has 3 heterocycles. The summed E-state index contributed by atoms with van der Waals surface area (Å²) in [7, 11) is 0. The second-order valence-electron chi connectivity index (χ2n) is 4.97. The fraction of sp³-hybridized carbons (Fsp3) is 0.200. The number of hydrogen-bond donors (Lipinski definition) is 2. The molecule has 2 aromatic rings. The Bertz CT molecular complexity index is 718. The molecular formula is C15H13N3O3. The zero-order chi connectivity index (χ0) is 14.2. The molecule has 1 atom stereocenters. The SMILES string of the molecule is O=C1Nc2cccc(OCC3CO3)c2C1=Cc1ccn[nH]1. The molecule has 1 aromatic carbocycles. The van der Waals surface area contributed by atoms with Gasteiger partial charge in [-0.15, -0.1) is 0 Å². The van der Waals surface area contributed by atoms with Gasteiger partial charge in [0.1, 0.15) is 18.5 Å². The van der Waals surface area contributed by atoms with Crippen molar-refractivity contribution >= 4 is 23.2 Å². The molecule has 4 rings (SSSR count). The summed E-state index contributed by atoms with van der Waals surface area (Å²) in [5.74, 6) is 0.547. The van der Waals surface area contributed by atoms with E-state index in [1.807, 2.05) is 18.2 Å². The molecular weight excluding hydrogens is 270 g/mol. The highest BCUT2D eigenvalue weighted by Crippen LogP contribution is 2.39. The second kappa shape index (κ2) is 4.75. The van der Waals surface area contributed by atoms with Crippen molar-refractivity contribution in [2.75, 3.05) is 18.5 Å². The number of amides is 1. The Morgan fingerprint density at radius 3 is 3.10 bits per heavy atom. The van der Waals surface area contributed by atoms with E-state index in [1.165, 1.54) is 0 Å². The molecule has 0 aliphatic carbocycles. The summed E-state index contributed by atoms with van der Waals surface area (Å²) in [6.45, 7) is 1.24. The zero-order valence-corrected chi connectivity index (χ0v) is 11.1. The number of ether oxygens (including phenoxy) is 2. The van der Waals surface area contributed by atoms with Crippen molar-refractivity contribution in [3.05, 3.63) is 41.7 Å². The van der Waals surface area contributed by atoms with Gasteiger partial charge in [0.05, 0.1) is 29.1 Å². The van der Waals surface area contributed by atoms with Gasteiger partial charge in [0, 0.05) is 6.20 Å². The van der Waals surface area contributed by atoms with E-state index in [1.54, 1.807) is 18.3 Å². The third kappa shape index (κ3) is 2.30. The number of H-pyrrole nitrogens is 1. The highest BCUT2D eigenvalue weighted by Gasteiger charge is 2.29. The Morgan fingerprint density at radius 2 is 2.33 bits per heavy atom. The van der Waals surface area contributed by atoms with Gasteiger partial charge in [-0.25, -0.2) is 0 Å². The maximum absolute atomic E-state index is 12.2. The normalized spacial score (nSPS) is 21.2. The number of epoxide rings is 1. The lowest BCUT2D eigenvalue weighted by atomic mass is 10.0. The van der Waals surface area contributed by atoms with Crippen molar-refractivity contribution in [1.29, 1.82) is 0 Å². The van der Waals surface area contributed by atoms with Crippen molar-refractivity contribution < 1.29 is 14.3 Å². The first kappa shape index (κ1) is 12.2. The largest absolute Gasteiger partial charge is 0.490 e. The minimum absolute atomic E-state index is 0.140. The molecule has 21 heavy (non-hydrogen) atoms. The molecule has 2 aliphatic rings. The number of nitrogens with one attached hydrogen (secondary N) is 2. The monoisotopic (exact) mass is 283 g/mol. The fourth-order valence-corrected chi connectivity index (χ4v) is 2.32. The van der Waals surface area contributed by atoms with E-state index in [4.69, 9.17) is 9.47 Å². The van der Waals surface area contributed by atoms with E-state index in [-0.39, 0.29) is 12.0 Å². The van der Waals surface area contributed by atoms with Crippen LogP contribution in [0.5, 0.6) is 5.75 Å². The van der Waals surface area contributed by atoms with Gasteiger partial charge in [-0.2, -0.15) is 5.10 Å². The topological polar surface area (TPSA) is 79.5 Å². The molecule has 0 saturated carbocycles. The Hall–Kier alpha value is -2.60. The van der Waals surface area contributed by atoms with Gasteiger partial charge in [-0.3, -0.25) is 9.89 Å². The lowest BCUT2D eigenvalue weighted by Gasteiger charge is -2.09. The number of aromatic nitrogens is 2. The second-order valence-corrected chi connectivity index (χ2v) is 4.97. The maximum Gasteiger partial charge on any atom is 0.256 e. The number of hydrogen-bond acceptors (Lipinski definition) is 4. The Kier molecular flexibility index (Phi) is 2.75. The first-order chi connectivity index (χ1) is 10.3. The molecule has 2 aliphatic heterocycles. The molecule has 0 radical (unpaired) electrons. The van der Waals surface area contributed by atoms with Crippen LogP contribution in [0.2, 0.25) is 0 Å². The summed E-state index contributed by atoms with van der Waals surface area (Å²) < 4.78 is 10.9. The number of benzene rings is 1. The minimum Gasteiger partial charge on any atom is -0.490 e. The van der Waals surface area contributed by atoms with Crippen molar-refractivity contribution in [3.8, 4) is 5.75 Å². The average Bonchev–Trinajstić information content (AvgIpc) is 3.07. The molecule has 1 unspecified atom stereocenters. The highest BCUT2D eigenvalue weighted by atomic mass is 16.6. The maximum atomic E-state index is 12.2. The molecule has 6 heteroatoms. The van der Waals surface area contributed by atoms with E-state index < -0.39 is 0 Å². The molecule has 1 saturated heterocycles. The van der Waals surface area contributed by atoms with E-state index in [9.17, 15) is 4.79 Å². The standard InChI is InChI=1S/C15H13N3O3/c19-15-11(6-9-4-5-16-18-9)14-12(17-15)2-1-3-13(14)21-8-10-7-20-10/h1-6,10H,7-8H2,(H,16,18)(H,17,19). The molecule has 6 nitrogen and oxygen atoms in total. The highest BCUT2D eigenvalue weighted by molar-refractivity contribution is 6.35. The third-order valence-electron chi connectivity index (χ3n) is 3.44. The van der Waals surface area contributed by atoms with E-state index >= 15 is 0 Å². The summed E-state index contributed by atoms with van der Waals surface area (Å²) in [5, 5.41) is 9.57. The Balaban J connectivity index is 1.73. The Labute approximate surface area is 120 Å². The molecule has 106 valence electrons. The number of aromatic amines is 1. The zero-order valence-electron chi connectivity index (χ0n) is 11.1. The van der Waals surface area contributed by atoms with Gasteiger partial charge < -0.3 is 14.8 Å². The van der Waals surface area contributed by atoms with Crippen LogP contribution in [0.15, 0.2) is 30.5 Å². The molecule has 2 N–H and O–H groups in total. The number of carbonyl (C=O) groups excluding carboxylic acids is 1. The summed E-state index contributed by atoms with van der Waals surface area (Å²) >= 11 is 0. The molecule has 0 bridgehead atoms. The molecule has 0 spiro atoms. The smallest absolute Gasteiger partial charge is 0.256 e. The van der Waals surface area contributed by atoms with E-state index in [0.29, 0.717) is 17.9 Å². The number of carbonyl (C=O) groups is 1. The van der Waals surface area contributed by atoms with Crippen LogP contribution < -0.4 is 10.1 Å². The average molecular weight is 283 g/mol. The third-order valence-corrected chi connectivity index (χ3v) is 3.44. The van der Waals surface area contributed by atoms with Crippen LogP contribution in [-0.2, 0) is 9.53 Å². The number of nitrogens with zero attached hydrogens (tertiary/aromatic N) is 1. The van der Waals surface area contributed by atoms with Crippen molar-refractivity contribution in [3.63, 3.8) is 0 Å². The van der Waals surface area contributed by atoms with Gasteiger partial charge in [0.25, 0.3) is 5.91 Å². The Morgan fingerprint density at radius 1 is 1.43 bits per heavy atom. The van der Waals surface area contributed by atoms with Crippen LogP contribution in [0.3, 0.4) is 0 Å². The summed E-state index contributed by atoms with van der Waals surface area (Å²) in [6, 6.07) is 7.39. The van der Waals surface area contributed by atoms with Gasteiger partial charge >= 0.3 is 0 Å². The van der Waals surface area contributed by atoms with Crippen LogP contribution >= 0.6 is 0 Å². The lowest BCUT2D eigenvalue weighted by Crippen LogP contribution is -2.05. The number of rotatable bonds is 4.